The summed E-state index contributed by atoms with van der Waals surface area (Å²) in [5.74, 6) is 1.44. The van der Waals surface area contributed by atoms with Gasteiger partial charge in [-0.2, -0.15) is 4.98 Å². The number of piperidine rings is 1. The molecule has 3 aromatic rings. The van der Waals surface area contributed by atoms with Crippen LogP contribution in [0.1, 0.15) is 47.7 Å². The van der Waals surface area contributed by atoms with Crippen molar-refractivity contribution in [3.63, 3.8) is 0 Å². The Morgan fingerprint density at radius 2 is 1.82 bits per heavy atom. The van der Waals surface area contributed by atoms with E-state index in [-0.39, 0.29) is 29.9 Å². The zero-order valence-electron chi connectivity index (χ0n) is 15.9. The molecule has 144 valence electrons. The first-order chi connectivity index (χ1) is 13.6. The predicted octanol–water partition coefficient (Wildman–Crippen LogP) is 2.35. The third kappa shape index (κ3) is 2.89. The molecule has 2 aliphatic heterocycles. The van der Waals surface area contributed by atoms with Gasteiger partial charge in [0.05, 0.1) is 0 Å². The van der Waals surface area contributed by atoms with Gasteiger partial charge in [0, 0.05) is 48.7 Å². The van der Waals surface area contributed by atoms with Crippen LogP contribution >= 0.6 is 0 Å². The molecule has 2 aliphatic rings. The number of rotatable bonds is 3. The molecule has 5 heterocycles. The van der Waals surface area contributed by atoms with Gasteiger partial charge in [-0.15, -0.1) is 5.10 Å². The van der Waals surface area contributed by atoms with Crippen LogP contribution < -0.4 is 4.74 Å². The fraction of sp³-hybridized carbons (Fsp3) is 0.450. The lowest BCUT2D eigenvalue weighted by atomic mass is 9.99. The lowest BCUT2D eigenvalue weighted by Gasteiger charge is -2.38. The van der Waals surface area contributed by atoms with Crippen molar-refractivity contribution < 1.29 is 9.53 Å². The Labute approximate surface area is 162 Å². The second kappa shape index (κ2) is 6.54. The first-order valence-electron chi connectivity index (χ1n) is 9.69. The molecule has 0 radical (unpaired) electrons. The maximum Gasteiger partial charge on any atom is 0.294 e. The topological polar surface area (TPSA) is 85.5 Å². The quantitative estimate of drug-likeness (QED) is 0.695. The van der Waals surface area contributed by atoms with Crippen molar-refractivity contribution in [2.24, 2.45) is 0 Å². The van der Waals surface area contributed by atoms with E-state index in [1.54, 1.807) is 16.9 Å². The van der Waals surface area contributed by atoms with Gasteiger partial charge in [0.1, 0.15) is 11.9 Å². The monoisotopic (exact) mass is 378 g/mol. The molecule has 28 heavy (non-hydrogen) atoms. The second-order valence-corrected chi connectivity index (χ2v) is 7.68. The van der Waals surface area contributed by atoms with Crippen LogP contribution in [0, 0.1) is 13.8 Å². The van der Waals surface area contributed by atoms with E-state index in [9.17, 15) is 4.79 Å². The van der Waals surface area contributed by atoms with Crippen molar-refractivity contribution in [2.45, 2.75) is 57.7 Å². The minimum Gasteiger partial charge on any atom is -0.490 e. The third-order valence-electron chi connectivity index (χ3n) is 5.69. The van der Waals surface area contributed by atoms with E-state index in [1.165, 1.54) is 0 Å². The summed E-state index contributed by atoms with van der Waals surface area (Å²) in [4.78, 5) is 28.0. The van der Waals surface area contributed by atoms with Crippen LogP contribution in [-0.2, 0) is 0 Å². The zero-order valence-corrected chi connectivity index (χ0v) is 15.9. The molecule has 2 unspecified atom stereocenters. The molecule has 8 nitrogen and oxygen atoms in total. The third-order valence-corrected chi connectivity index (χ3v) is 5.69. The number of carbonyl (C=O) groups is 1. The van der Waals surface area contributed by atoms with Crippen LogP contribution in [0.4, 0.5) is 0 Å². The molecule has 0 saturated carbocycles. The number of carbonyl (C=O) groups excluding carboxylic acids is 1. The van der Waals surface area contributed by atoms with Crippen LogP contribution in [0.3, 0.4) is 0 Å². The van der Waals surface area contributed by atoms with Crippen molar-refractivity contribution in [2.75, 3.05) is 0 Å². The van der Waals surface area contributed by atoms with E-state index >= 15 is 0 Å². The van der Waals surface area contributed by atoms with Crippen LogP contribution in [0.5, 0.6) is 5.75 Å². The summed E-state index contributed by atoms with van der Waals surface area (Å²) >= 11 is 0. The van der Waals surface area contributed by atoms with E-state index in [0.29, 0.717) is 5.78 Å². The zero-order chi connectivity index (χ0) is 19.3. The Bertz CT molecular complexity index is 1020. The van der Waals surface area contributed by atoms with Crippen LogP contribution in [0.15, 0.2) is 30.6 Å². The Hall–Kier alpha value is -3.03. The van der Waals surface area contributed by atoms with Crippen molar-refractivity contribution in [3.8, 4) is 5.75 Å². The van der Waals surface area contributed by atoms with Crippen LogP contribution in [0.2, 0.25) is 0 Å². The molecule has 2 fully saturated rings. The van der Waals surface area contributed by atoms with Crippen molar-refractivity contribution in [1.29, 1.82) is 0 Å². The minimum atomic E-state index is -0.0996. The highest BCUT2D eigenvalue weighted by Crippen LogP contribution is 2.38. The molecule has 0 spiro atoms. The first-order valence-corrected chi connectivity index (χ1v) is 9.69. The number of hydrogen-bond donors (Lipinski definition) is 0. The lowest BCUT2D eigenvalue weighted by Crippen LogP contribution is -2.49. The SMILES string of the molecule is Cc1cc(C)n2nc(C(=O)N3C4CCC3CC(Oc3ccncc3)C4)nc2n1. The van der Waals surface area contributed by atoms with E-state index in [0.717, 1.165) is 42.8 Å². The highest BCUT2D eigenvalue weighted by molar-refractivity contribution is 5.91. The largest absolute Gasteiger partial charge is 0.490 e. The molecule has 2 saturated heterocycles. The van der Waals surface area contributed by atoms with Crippen LogP contribution in [0.25, 0.3) is 5.78 Å². The standard InChI is InChI=1S/C20H22N6O2/c1-12-9-13(2)26-20(22-12)23-18(24-26)19(27)25-14-3-4-15(25)11-17(10-14)28-16-5-7-21-8-6-16/h5-9,14-15,17H,3-4,10-11H2,1-2H3. The number of nitrogens with zero attached hydrogens (tertiary/aromatic N) is 6. The normalized spacial score (nSPS) is 23.9. The molecule has 0 N–H and O–H groups in total. The summed E-state index contributed by atoms with van der Waals surface area (Å²) < 4.78 is 7.76. The molecule has 3 aromatic heterocycles. The summed E-state index contributed by atoms with van der Waals surface area (Å²) in [5.41, 5.74) is 1.78. The first kappa shape index (κ1) is 17.1. The van der Waals surface area contributed by atoms with Gasteiger partial charge in [-0.25, -0.2) is 9.50 Å². The number of fused-ring (bicyclic) bond motifs is 3. The maximum absolute atomic E-state index is 13.2. The van der Waals surface area contributed by atoms with Gasteiger partial charge in [-0.3, -0.25) is 9.78 Å². The summed E-state index contributed by atoms with van der Waals surface area (Å²) in [5, 5.41) is 4.43. The fourth-order valence-electron chi connectivity index (χ4n) is 4.54. The number of hydrogen-bond acceptors (Lipinski definition) is 6. The highest BCUT2D eigenvalue weighted by atomic mass is 16.5. The Balaban J connectivity index is 1.36. The Morgan fingerprint density at radius 1 is 1.11 bits per heavy atom. The minimum absolute atomic E-state index is 0.0996. The lowest BCUT2D eigenvalue weighted by molar-refractivity contribution is 0.0349. The van der Waals surface area contributed by atoms with Gasteiger partial charge >= 0.3 is 0 Å². The van der Waals surface area contributed by atoms with E-state index in [4.69, 9.17) is 4.74 Å². The highest BCUT2D eigenvalue weighted by Gasteiger charge is 2.45. The van der Waals surface area contributed by atoms with Gasteiger partial charge in [-0.05, 0) is 44.9 Å². The molecular formula is C20H22N6O2. The summed E-state index contributed by atoms with van der Waals surface area (Å²) in [6.45, 7) is 3.85. The molecule has 2 atom stereocenters. The van der Waals surface area contributed by atoms with E-state index in [2.05, 4.69) is 20.1 Å². The number of pyridine rings is 1. The molecule has 5 rings (SSSR count). The van der Waals surface area contributed by atoms with Gasteiger partial charge < -0.3 is 9.64 Å². The summed E-state index contributed by atoms with van der Waals surface area (Å²) in [6.07, 6.45) is 7.23. The molecule has 8 heteroatoms. The fourth-order valence-corrected chi connectivity index (χ4v) is 4.54. The molecule has 0 aliphatic carbocycles. The Kier molecular flexibility index (Phi) is 3.99. The van der Waals surface area contributed by atoms with Gasteiger partial charge in [0.2, 0.25) is 5.82 Å². The van der Waals surface area contributed by atoms with Crippen LogP contribution in [-0.4, -0.2) is 53.6 Å². The average molecular weight is 378 g/mol. The van der Waals surface area contributed by atoms with Gasteiger partial charge in [-0.1, -0.05) is 0 Å². The molecular weight excluding hydrogens is 356 g/mol. The number of aromatic nitrogens is 5. The van der Waals surface area contributed by atoms with Crippen molar-refractivity contribution in [1.82, 2.24) is 29.5 Å². The predicted molar refractivity (Wildman–Crippen MR) is 101 cm³/mol. The molecule has 2 bridgehead atoms. The summed E-state index contributed by atoms with van der Waals surface area (Å²) in [6, 6.07) is 6.01. The Morgan fingerprint density at radius 3 is 2.54 bits per heavy atom. The van der Waals surface area contributed by atoms with E-state index in [1.807, 2.05) is 36.9 Å². The van der Waals surface area contributed by atoms with Crippen molar-refractivity contribution >= 4 is 11.7 Å². The number of ether oxygens (including phenoxy) is 1. The number of amides is 1. The maximum atomic E-state index is 13.2. The average Bonchev–Trinajstić information content (AvgIpc) is 3.21. The van der Waals surface area contributed by atoms with Crippen molar-refractivity contribution in [3.05, 3.63) is 47.8 Å². The van der Waals surface area contributed by atoms with E-state index < -0.39 is 0 Å². The smallest absolute Gasteiger partial charge is 0.294 e. The van der Waals surface area contributed by atoms with Gasteiger partial charge in [0.15, 0.2) is 0 Å². The summed E-state index contributed by atoms with van der Waals surface area (Å²) in [7, 11) is 0. The molecule has 1 amide bonds. The molecule has 0 aromatic carbocycles. The second-order valence-electron chi connectivity index (χ2n) is 7.68. The van der Waals surface area contributed by atoms with Gasteiger partial charge in [0.25, 0.3) is 11.7 Å². The number of aryl methyl sites for hydroxylation is 2.